The van der Waals surface area contributed by atoms with E-state index >= 15 is 0 Å². The average molecular weight is 397 g/mol. The van der Waals surface area contributed by atoms with Crippen LogP contribution in [0.2, 0.25) is 5.02 Å². The third-order valence-corrected chi connectivity index (χ3v) is 5.64. The minimum atomic E-state index is 0.692. The molecule has 0 unspecified atom stereocenters. The molecule has 0 saturated carbocycles. The number of aryl methyl sites for hydroxylation is 1. The molecule has 0 aliphatic heterocycles. The van der Waals surface area contributed by atoms with Gasteiger partial charge in [-0.15, -0.1) is 10.2 Å². The summed E-state index contributed by atoms with van der Waals surface area (Å²) in [7, 11) is 1.98. The van der Waals surface area contributed by atoms with Gasteiger partial charge in [-0.2, -0.15) is 0 Å². The number of hydrogen-bond donors (Lipinski definition) is 0. The fraction of sp³-hybridized carbons (Fsp3) is 0.158. The lowest BCUT2D eigenvalue weighted by atomic mass is 10.2. The van der Waals surface area contributed by atoms with Crippen LogP contribution in [0.4, 0.5) is 0 Å². The Hall–Kier alpha value is -2.64. The molecule has 27 heavy (non-hydrogen) atoms. The van der Waals surface area contributed by atoms with Crippen molar-refractivity contribution in [3.8, 4) is 17.1 Å². The molecule has 0 amide bonds. The molecule has 0 aliphatic rings. The third kappa shape index (κ3) is 3.48. The van der Waals surface area contributed by atoms with Crippen LogP contribution < -0.4 is 0 Å². The molecule has 0 fully saturated rings. The van der Waals surface area contributed by atoms with Crippen LogP contribution >= 0.6 is 23.4 Å². The summed E-state index contributed by atoms with van der Waals surface area (Å²) in [5.74, 6) is 2.42. The average Bonchev–Trinajstić information content (AvgIpc) is 3.29. The molecule has 8 heteroatoms. The Kier molecular flexibility index (Phi) is 4.96. The van der Waals surface area contributed by atoms with Gasteiger partial charge < -0.3 is 4.57 Å². The van der Waals surface area contributed by atoms with Crippen molar-refractivity contribution in [1.82, 2.24) is 29.3 Å². The van der Waals surface area contributed by atoms with Crippen molar-refractivity contribution in [3.05, 3.63) is 71.5 Å². The first kappa shape index (κ1) is 17.8. The number of nitrogens with zero attached hydrogens (tertiary/aromatic N) is 6. The molecule has 136 valence electrons. The zero-order valence-corrected chi connectivity index (χ0v) is 16.4. The second kappa shape index (κ2) is 7.54. The Labute approximate surface area is 166 Å². The van der Waals surface area contributed by atoms with E-state index in [0.717, 1.165) is 33.6 Å². The Morgan fingerprint density at radius 3 is 2.63 bits per heavy atom. The number of pyridine rings is 1. The quantitative estimate of drug-likeness (QED) is 0.470. The van der Waals surface area contributed by atoms with Gasteiger partial charge in [0.25, 0.3) is 0 Å². The molecule has 4 rings (SSSR count). The number of halogens is 1. The Balaban J connectivity index is 1.81. The van der Waals surface area contributed by atoms with E-state index in [1.807, 2.05) is 59.6 Å². The normalized spacial score (nSPS) is 11.1. The summed E-state index contributed by atoms with van der Waals surface area (Å²) in [5, 5.41) is 10.4. The van der Waals surface area contributed by atoms with Crippen LogP contribution in [0.1, 0.15) is 11.4 Å². The molecule has 4 aromatic rings. The highest BCUT2D eigenvalue weighted by atomic mass is 35.5. The zero-order valence-electron chi connectivity index (χ0n) is 14.9. The van der Waals surface area contributed by atoms with Gasteiger partial charge in [-0.3, -0.25) is 9.55 Å². The fourth-order valence-electron chi connectivity index (χ4n) is 2.77. The molecular weight excluding hydrogens is 380 g/mol. The molecule has 0 saturated heterocycles. The van der Waals surface area contributed by atoms with Gasteiger partial charge in [0.2, 0.25) is 0 Å². The van der Waals surface area contributed by atoms with Crippen LogP contribution in [0, 0.1) is 6.92 Å². The van der Waals surface area contributed by atoms with Crippen molar-refractivity contribution >= 4 is 23.4 Å². The third-order valence-electron chi connectivity index (χ3n) is 4.30. The van der Waals surface area contributed by atoms with Crippen LogP contribution in [-0.2, 0) is 12.8 Å². The van der Waals surface area contributed by atoms with Gasteiger partial charge in [-0.05, 0) is 36.8 Å². The number of imidazole rings is 1. The predicted octanol–water partition coefficient (Wildman–Crippen LogP) is 4.32. The predicted molar refractivity (Wildman–Crippen MR) is 107 cm³/mol. The minimum absolute atomic E-state index is 0.692. The molecule has 6 nitrogen and oxygen atoms in total. The highest BCUT2D eigenvalue weighted by Gasteiger charge is 2.19. The molecule has 3 aromatic heterocycles. The fourth-order valence-corrected chi connectivity index (χ4v) is 3.89. The van der Waals surface area contributed by atoms with Crippen molar-refractivity contribution in [2.75, 3.05) is 0 Å². The number of rotatable bonds is 5. The van der Waals surface area contributed by atoms with E-state index in [9.17, 15) is 0 Å². The first-order valence-corrected chi connectivity index (χ1v) is 9.72. The summed E-state index contributed by atoms with van der Waals surface area (Å²) in [6.07, 6.45) is 7.23. The van der Waals surface area contributed by atoms with Crippen LogP contribution in [0.25, 0.3) is 17.1 Å². The highest BCUT2D eigenvalue weighted by Crippen LogP contribution is 2.32. The van der Waals surface area contributed by atoms with Crippen LogP contribution in [0.3, 0.4) is 0 Å². The van der Waals surface area contributed by atoms with Crippen molar-refractivity contribution in [3.63, 3.8) is 0 Å². The van der Waals surface area contributed by atoms with E-state index in [1.165, 1.54) is 0 Å². The summed E-state index contributed by atoms with van der Waals surface area (Å²) in [4.78, 5) is 8.48. The molecule has 0 N–H and O–H groups in total. The van der Waals surface area contributed by atoms with Crippen LogP contribution in [0.5, 0.6) is 0 Å². The second-order valence-corrected chi connectivity index (χ2v) is 7.35. The van der Waals surface area contributed by atoms with Crippen LogP contribution in [0.15, 0.2) is 60.3 Å². The Morgan fingerprint density at radius 2 is 1.89 bits per heavy atom. The first-order chi connectivity index (χ1) is 13.1. The van der Waals surface area contributed by atoms with E-state index in [4.69, 9.17) is 11.6 Å². The number of hydrogen-bond acceptors (Lipinski definition) is 5. The van der Waals surface area contributed by atoms with Crippen LogP contribution in [-0.4, -0.2) is 29.3 Å². The molecule has 1 aromatic carbocycles. The minimum Gasteiger partial charge on any atom is -0.337 e. The number of benzene rings is 1. The van der Waals surface area contributed by atoms with E-state index in [1.54, 1.807) is 30.4 Å². The van der Waals surface area contributed by atoms with Crippen molar-refractivity contribution < 1.29 is 0 Å². The first-order valence-electron chi connectivity index (χ1n) is 8.35. The van der Waals surface area contributed by atoms with Gasteiger partial charge in [0.1, 0.15) is 5.82 Å². The lowest BCUT2D eigenvalue weighted by Gasteiger charge is -2.13. The van der Waals surface area contributed by atoms with Gasteiger partial charge in [0.05, 0.1) is 11.4 Å². The molecule has 0 bridgehead atoms. The molecule has 3 heterocycles. The van der Waals surface area contributed by atoms with E-state index in [2.05, 4.69) is 20.2 Å². The number of thioether (sulfide) groups is 1. The summed E-state index contributed by atoms with van der Waals surface area (Å²) in [6, 6.07) is 9.70. The molecule has 0 atom stereocenters. The summed E-state index contributed by atoms with van der Waals surface area (Å²) in [6.45, 7) is 2.00. The maximum Gasteiger partial charge on any atom is 0.196 e. The smallest absolute Gasteiger partial charge is 0.196 e. The topological polar surface area (TPSA) is 61.4 Å². The Morgan fingerprint density at radius 1 is 1.07 bits per heavy atom. The lowest BCUT2D eigenvalue weighted by molar-refractivity contribution is 0.840. The lowest BCUT2D eigenvalue weighted by Crippen LogP contribution is -2.03. The van der Waals surface area contributed by atoms with Gasteiger partial charge in [0, 0.05) is 42.4 Å². The van der Waals surface area contributed by atoms with Crippen molar-refractivity contribution in [2.45, 2.75) is 17.8 Å². The van der Waals surface area contributed by atoms with E-state index in [0.29, 0.717) is 10.8 Å². The summed E-state index contributed by atoms with van der Waals surface area (Å²) < 4.78 is 4.05. The molecule has 0 spiro atoms. The summed E-state index contributed by atoms with van der Waals surface area (Å²) >= 11 is 7.97. The zero-order chi connectivity index (χ0) is 18.8. The van der Waals surface area contributed by atoms with Gasteiger partial charge in [0.15, 0.2) is 11.0 Å². The van der Waals surface area contributed by atoms with Gasteiger partial charge >= 0.3 is 0 Å². The Bertz CT molecular complexity index is 1070. The van der Waals surface area contributed by atoms with E-state index < -0.39 is 0 Å². The monoisotopic (exact) mass is 396 g/mol. The SMILES string of the molecule is Cc1c(Cl)cccc1-n1c(SCc2nccn2C)nnc1-c1ccncc1. The standard InChI is InChI=1S/C19H17ClN6S/c1-13-15(20)4-3-5-16(13)26-18(14-6-8-21-9-7-14)23-24-19(26)27-12-17-22-10-11-25(17)2/h3-11H,12H2,1-2H3. The van der Waals surface area contributed by atoms with E-state index in [-0.39, 0.29) is 0 Å². The second-order valence-electron chi connectivity index (χ2n) is 6.00. The maximum absolute atomic E-state index is 6.38. The molecule has 0 aliphatic carbocycles. The van der Waals surface area contributed by atoms with Gasteiger partial charge in [-0.25, -0.2) is 4.98 Å². The van der Waals surface area contributed by atoms with Gasteiger partial charge in [-0.1, -0.05) is 29.4 Å². The molecular formula is C19H17ClN6S. The maximum atomic E-state index is 6.38. The molecule has 0 radical (unpaired) electrons. The largest absolute Gasteiger partial charge is 0.337 e. The highest BCUT2D eigenvalue weighted by molar-refractivity contribution is 7.98. The summed E-state index contributed by atoms with van der Waals surface area (Å²) in [5.41, 5.74) is 2.88. The number of aromatic nitrogens is 6. The van der Waals surface area contributed by atoms with Crippen molar-refractivity contribution in [2.24, 2.45) is 7.05 Å². The van der Waals surface area contributed by atoms with Crippen molar-refractivity contribution in [1.29, 1.82) is 0 Å².